The second-order valence-corrected chi connectivity index (χ2v) is 5.29. The summed E-state index contributed by atoms with van der Waals surface area (Å²) < 4.78 is 31.4. The minimum atomic E-state index is -2.37. The SMILES string of the molecule is CCc1nn(C)cc1NCc1ccc(CSC(F)F)o1. The summed E-state index contributed by atoms with van der Waals surface area (Å²) in [6, 6.07) is 3.53. The number of nitrogens with zero attached hydrogens (tertiary/aromatic N) is 2. The molecule has 1 N–H and O–H groups in total. The standard InChI is InChI=1S/C13H17F2N3OS/c1-3-11-12(7-18(2)17-11)16-6-9-4-5-10(19-9)8-20-13(14)15/h4-5,7,13,16H,3,6,8H2,1-2H3. The molecule has 0 saturated carbocycles. The van der Waals surface area contributed by atoms with Crippen molar-refractivity contribution in [3.05, 3.63) is 35.5 Å². The van der Waals surface area contributed by atoms with Gasteiger partial charge >= 0.3 is 0 Å². The summed E-state index contributed by atoms with van der Waals surface area (Å²) in [4.78, 5) is 0. The maximum absolute atomic E-state index is 12.1. The van der Waals surface area contributed by atoms with E-state index < -0.39 is 5.76 Å². The molecule has 0 aliphatic rings. The molecule has 2 aromatic heterocycles. The van der Waals surface area contributed by atoms with Gasteiger partial charge in [0.05, 0.1) is 23.7 Å². The van der Waals surface area contributed by atoms with Crippen molar-refractivity contribution in [2.45, 2.75) is 31.4 Å². The number of aryl methyl sites for hydroxylation is 2. The zero-order chi connectivity index (χ0) is 14.5. The average Bonchev–Trinajstić information content (AvgIpc) is 3.00. The Balaban J connectivity index is 1.90. The first kappa shape index (κ1) is 14.9. The van der Waals surface area contributed by atoms with Crippen LogP contribution in [0.25, 0.3) is 0 Å². The lowest BCUT2D eigenvalue weighted by atomic mass is 10.3. The fourth-order valence-electron chi connectivity index (χ4n) is 1.87. The molecule has 110 valence electrons. The van der Waals surface area contributed by atoms with Gasteiger partial charge in [-0.05, 0) is 18.6 Å². The number of anilines is 1. The predicted octanol–water partition coefficient (Wildman–Crippen LogP) is 3.64. The van der Waals surface area contributed by atoms with E-state index in [1.54, 1.807) is 16.8 Å². The van der Waals surface area contributed by atoms with Crippen molar-refractivity contribution in [2.24, 2.45) is 7.05 Å². The monoisotopic (exact) mass is 301 g/mol. The first-order chi connectivity index (χ1) is 9.58. The molecule has 0 fully saturated rings. The molecule has 0 bridgehead atoms. The van der Waals surface area contributed by atoms with E-state index in [9.17, 15) is 8.78 Å². The van der Waals surface area contributed by atoms with Gasteiger partial charge in [-0.1, -0.05) is 18.7 Å². The highest BCUT2D eigenvalue weighted by molar-refractivity contribution is 7.98. The van der Waals surface area contributed by atoms with E-state index in [0.29, 0.717) is 24.1 Å². The fraction of sp³-hybridized carbons (Fsp3) is 0.462. The van der Waals surface area contributed by atoms with Crippen LogP contribution < -0.4 is 5.32 Å². The van der Waals surface area contributed by atoms with Gasteiger partial charge in [0, 0.05) is 13.2 Å². The van der Waals surface area contributed by atoms with Gasteiger partial charge in [0.25, 0.3) is 5.76 Å². The van der Waals surface area contributed by atoms with Crippen molar-refractivity contribution in [3.63, 3.8) is 0 Å². The van der Waals surface area contributed by atoms with Gasteiger partial charge in [0.15, 0.2) is 0 Å². The zero-order valence-electron chi connectivity index (χ0n) is 11.4. The highest BCUT2D eigenvalue weighted by atomic mass is 32.2. The molecular formula is C13H17F2N3OS. The van der Waals surface area contributed by atoms with Crippen LogP contribution in [0.3, 0.4) is 0 Å². The van der Waals surface area contributed by atoms with Crippen LogP contribution in [0.1, 0.15) is 24.1 Å². The summed E-state index contributed by atoms with van der Waals surface area (Å²) in [6.45, 7) is 2.55. The molecule has 0 spiro atoms. The Morgan fingerprint density at radius 2 is 2.15 bits per heavy atom. The predicted molar refractivity (Wildman–Crippen MR) is 75.9 cm³/mol. The van der Waals surface area contributed by atoms with Gasteiger partial charge in [0.1, 0.15) is 11.5 Å². The molecule has 4 nitrogen and oxygen atoms in total. The number of aromatic nitrogens is 2. The van der Waals surface area contributed by atoms with Crippen LogP contribution in [-0.2, 0) is 25.8 Å². The third-order valence-electron chi connectivity index (χ3n) is 2.76. The Hall–Kier alpha value is -1.50. The van der Waals surface area contributed by atoms with Gasteiger partial charge in [-0.15, -0.1) is 0 Å². The van der Waals surface area contributed by atoms with E-state index in [2.05, 4.69) is 10.4 Å². The molecule has 20 heavy (non-hydrogen) atoms. The van der Waals surface area contributed by atoms with Crippen LogP contribution in [0.4, 0.5) is 14.5 Å². The quantitative estimate of drug-likeness (QED) is 0.848. The average molecular weight is 301 g/mol. The first-order valence-corrected chi connectivity index (χ1v) is 7.37. The van der Waals surface area contributed by atoms with Gasteiger partial charge < -0.3 is 9.73 Å². The van der Waals surface area contributed by atoms with Gasteiger partial charge in [0.2, 0.25) is 0 Å². The molecule has 0 aromatic carbocycles. The van der Waals surface area contributed by atoms with E-state index >= 15 is 0 Å². The minimum Gasteiger partial charge on any atom is -0.463 e. The molecule has 0 saturated heterocycles. The molecule has 0 unspecified atom stereocenters. The molecule has 0 radical (unpaired) electrons. The van der Waals surface area contributed by atoms with E-state index in [4.69, 9.17) is 4.42 Å². The number of nitrogens with one attached hydrogen (secondary N) is 1. The molecular weight excluding hydrogens is 284 g/mol. The molecule has 2 heterocycles. The third kappa shape index (κ3) is 4.00. The highest BCUT2D eigenvalue weighted by Crippen LogP contribution is 2.22. The maximum atomic E-state index is 12.1. The number of hydrogen-bond acceptors (Lipinski definition) is 4. The van der Waals surface area contributed by atoms with E-state index in [1.165, 1.54) is 0 Å². The Morgan fingerprint density at radius 3 is 2.85 bits per heavy atom. The van der Waals surface area contributed by atoms with Crippen molar-refractivity contribution in [2.75, 3.05) is 5.32 Å². The first-order valence-electron chi connectivity index (χ1n) is 6.32. The molecule has 0 amide bonds. The maximum Gasteiger partial charge on any atom is 0.284 e. The van der Waals surface area contributed by atoms with Crippen LogP contribution in [0, 0.1) is 0 Å². The highest BCUT2D eigenvalue weighted by Gasteiger charge is 2.09. The lowest BCUT2D eigenvalue weighted by Gasteiger charge is -2.03. The topological polar surface area (TPSA) is 43.0 Å². The number of thioether (sulfide) groups is 1. The number of rotatable bonds is 7. The zero-order valence-corrected chi connectivity index (χ0v) is 12.2. The van der Waals surface area contributed by atoms with Crippen LogP contribution >= 0.6 is 11.8 Å². The molecule has 7 heteroatoms. The van der Waals surface area contributed by atoms with Crippen molar-refractivity contribution >= 4 is 17.4 Å². The molecule has 0 aliphatic carbocycles. The Kier molecular flexibility index (Phi) is 5.05. The molecule has 0 aliphatic heterocycles. The smallest absolute Gasteiger partial charge is 0.284 e. The lowest BCUT2D eigenvalue weighted by Crippen LogP contribution is -1.99. The van der Waals surface area contributed by atoms with Crippen LogP contribution in [0.2, 0.25) is 0 Å². The molecule has 0 atom stereocenters. The fourth-order valence-corrected chi connectivity index (χ4v) is 2.31. The molecule has 2 aromatic rings. The van der Waals surface area contributed by atoms with Crippen molar-refractivity contribution in [1.29, 1.82) is 0 Å². The number of furan rings is 1. The summed E-state index contributed by atoms with van der Waals surface area (Å²) in [5.74, 6) is -0.899. The van der Waals surface area contributed by atoms with Gasteiger partial charge in [-0.2, -0.15) is 13.9 Å². The van der Waals surface area contributed by atoms with Crippen molar-refractivity contribution in [1.82, 2.24) is 9.78 Å². The Labute approximate surface area is 120 Å². The summed E-state index contributed by atoms with van der Waals surface area (Å²) in [6.07, 6.45) is 2.76. The Bertz CT molecular complexity index is 554. The van der Waals surface area contributed by atoms with E-state index in [1.807, 2.05) is 20.2 Å². The number of alkyl halides is 2. The number of hydrogen-bond donors (Lipinski definition) is 1. The third-order valence-corrected chi connectivity index (χ3v) is 3.47. The summed E-state index contributed by atoms with van der Waals surface area (Å²) in [5.41, 5.74) is 1.96. The van der Waals surface area contributed by atoms with Crippen LogP contribution in [-0.4, -0.2) is 15.5 Å². The normalized spacial score (nSPS) is 11.2. The molecule has 2 rings (SSSR count). The largest absolute Gasteiger partial charge is 0.463 e. The summed E-state index contributed by atoms with van der Waals surface area (Å²) >= 11 is 0.561. The van der Waals surface area contributed by atoms with E-state index in [-0.39, 0.29) is 5.75 Å². The second kappa shape index (κ2) is 6.78. The minimum absolute atomic E-state index is 0.185. The van der Waals surface area contributed by atoms with Gasteiger partial charge in [-0.25, -0.2) is 0 Å². The van der Waals surface area contributed by atoms with Gasteiger partial charge in [-0.3, -0.25) is 4.68 Å². The number of halogens is 2. The second-order valence-electron chi connectivity index (χ2n) is 4.31. The summed E-state index contributed by atoms with van der Waals surface area (Å²) in [5, 5.41) is 7.58. The summed E-state index contributed by atoms with van der Waals surface area (Å²) in [7, 11) is 1.87. The van der Waals surface area contributed by atoms with Crippen LogP contribution in [0.15, 0.2) is 22.7 Å². The Morgan fingerprint density at radius 1 is 1.40 bits per heavy atom. The van der Waals surface area contributed by atoms with Crippen molar-refractivity contribution in [3.8, 4) is 0 Å². The lowest BCUT2D eigenvalue weighted by molar-refractivity contribution is 0.251. The van der Waals surface area contributed by atoms with E-state index in [0.717, 1.165) is 23.6 Å². The van der Waals surface area contributed by atoms with Crippen LogP contribution in [0.5, 0.6) is 0 Å². The van der Waals surface area contributed by atoms with Crippen molar-refractivity contribution < 1.29 is 13.2 Å².